The van der Waals surface area contributed by atoms with E-state index in [4.69, 9.17) is 4.74 Å². The topological polar surface area (TPSA) is 52.1 Å². The van der Waals surface area contributed by atoms with Crippen molar-refractivity contribution >= 4 is 5.78 Å². The number of ether oxygens (including phenoxy) is 1. The zero-order valence-electron chi connectivity index (χ0n) is 9.46. The zero-order valence-corrected chi connectivity index (χ0v) is 9.46. The van der Waals surface area contributed by atoms with Crippen molar-refractivity contribution in [1.29, 1.82) is 0 Å². The van der Waals surface area contributed by atoms with E-state index in [0.717, 1.165) is 5.75 Å². The fourth-order valence-corrected chi connectivity index (χ4v) is 1.43. The first-order chi connectivity index (χ1) is 8.31. The normalized spacial score (nSPS) is 9.94. The molecule has 1 aromatic carbocycles. The predicted octanol–water partition coefficient (Wildman–Crippen LogP) is 2.11. The molecule has 0 N–H and O–H groups in total. The average Bonchev–Trinajstić information content (AvgIpc) is 2.40. The Kier molecular flexibility index (Phi) is 3.45. The van der Waals surface area contributed by atoms with Gasteiger partial charge in [0.05, 0.1) is 12.8 Å². The fourth-order valence-electron chi connectivity index (χ4n) is 1.43. The van der Waals surface area contributed by atoms with Crippen molar-refractivity contribution in [2.45, 2.75) is 6.92 Å². The van der Waals surface area contributed by atoms with Crippen molar-refractivity contribution in [2.24, 2.45) is 0 Å². The molecule has 86 valence electrons. The first kappa shape index (κ1) is 11.3. The second-order valence-corrected chi connectivity index (χ2v) is 3.38. The van der Waals surface area contributed by atoms with Gasteiger partial charge < -0.3 is 4.74 Å². The van der Waals surface area contributed by atoms with E-state index in [9.17, 15) is 4.79 Å². The van der Waals surface area contributed by atoms with Crippen LogP contribution in [0.25, 0.3) is 0 Å². The van der Waals surface area contributed by atoms with Crippen LogP contribution in [0.3, 0.4) is 0 Å². The highest BCUT2D eigenvalue weighted by Crippen LogP contribution is 2.14. The van der Waals surface area contributed by atoms with Crippen LogP contribution in [0.2, 0.25) is 0 Å². The first-order valence-electron chi connectivity index (χ1n) is 5.35. The summed E-state index contributed by atoms with van der Waals surface area (Å²) < 4.78 is 5.31. The van der Waals surface area contributed by atoms with E-state index in [1.165, 1.54) is 18.6 Å². The van der Waals surface area contributed by atoms with Gasteiger partial charge in [-0.2, -0.15) is 0 Å². The molecule has 0 aliphatic rings. The van der Waals surface area contributed by atoms with Crippen LogP contribution in [0.4, 0.5) is 0 Å². The summed E-state index contributed by atoms with van der Waals surface area (Å²) in [4.78, 5) is 19.8. The molecular formula is C13H12N2O2. The Labute approximate surface area is 99.3 Å². The Hall–Kier alpha value is -2.23. The molecule has 2 rings (SSSR count). The molecule has 0 fully saturated rings. The zero-order chi connectivity index (χ0) is 12.1. The largest absolute Gasteiger partial charge is 0.494 e. The monoisotopic (exact) mass is 228 g/mol. The number of carbonyl (C=O) groups is 1. The SMILES string of the molecule is CCOc1ccc(C(=O)c2cnccn2)cc1. The van der Waals surface area contributed by atoms with E-state index in [1.54, 1.807) is 24.3 Å². The van der Waals surface area contributed by atoms with Gasteiger partial charge in [0.2, 0.25) is 5.78 Å². The Balaban J connectivity index is 2.20. The molecule has 0 atom stereocenters. The molecule has 0 saturated carbocycles. The van der Waals surface area contributed by atoms with Crippen LogP contribution >= 0.6 is 0 Å². The Morgan fingerprint density at radius 2 is 2.00 bits per heavy atom. The number of benzene rings is 1. The van der Waals surface area contributed by atoms with Gasteiger partial charge in [0.25, 0.3) is 0 Å². The van der Waals surface area contributed by atoms with Crippen LogP contribution in [0.15, 0.2) is 42.9 Å². The van der Waals surface area contributed by atoms with Gasteiger partial charge in [-0.1, -0.05) is 0 Å². The van der Waals surface area contributed by atoms with E-state index in [2.05, 4.69) is 9.97 Å². The summed E-state index contributed by atoms with van der Waals surface area (Å²) in [6.45, 7) is 2.52. The van der Waals surface area contributed by atoms with Gasteiger partial charge in [0.15, 0.2) is 0 Å². The summed E-state index contributed by atoms with van der Waals surface area (Å²) in [5.74, 6) is 0.615. The number of rotatable bonds is 4. The molecule has 0 bridgehead atoms. The van der Waals surface area contributed by atoms with E-state index >= 15 is 0 Å². The molecule has 0 radical (unpaired) electrons. The quantitative estimate of drug-likeness (QED) is 0.752. The minimum absolute atomic E-state index is 0.138. The van der Waals surface area contributed by atoms with Crippen LogP contribution in [0.1, 0.15) is 23.0 Å². The number of nitrogens with zero attached hydrogens (tertiary/aromatic N) is 2. The van der Waals surface area contributed by atoms with Gasteiger partial charge >= 0.3 is 0 Å². The van der Waals surface area contributed by atoms with E-state index < -0.39 is 0 Å². The molecule has 4 nitrogen and oxygen atoms in total. The van der Waals surface area contributed by atoms with Crippen molar-refractivity contribution in [3.8, 4) is 5.75 Å². The van der Waals surface area contributed by atoms with Crippen molar-refractivity contribution in [3.05, 3.63) is 54.1 Å². The third kappa shape index (κ3) is 2.66. The fraction of sp³-hybridized carbons (Fsp3) is 0.154. The van der Waals surface area contributed by atoms with Crippen LogP contribution < -0.4 is 4.74 Å². The molecule has 4 heteroatoms. The highest BCUT2D eigenvalue weighted by Gasteiger charge is 2.10. The van der Waals surface area contributed by atoms with Gasteiger partial charge in [0.1, 0.15) is 11.4 Å². The standard InChI is InChI=1S/C13H12N2O2/c1-2-17-11-5-3-10(4-6-11)13(16)12-9-14-7-8-15-12/h3-9H,2H2,1H3. The Bertz CT molecular complexity index is 495. The molecule has 1 aromatic heterocycles. The highest BCUT2D eigenvalue weighted by atomic mass is 16.5. The maximum atomic E-state index is 12.0. The summed E-state index contributed by atoms with van der Waals surface area (Å²) in [5, 5.41) is 0. The molecule has 2 aromatic rings. The summed E-state index contributed by atoms with van der Waals surface area (Å²) in [6, 6.07) is 6.99. The van der Waals surface area contributed by atoms with E-state index in [-0.39, 0.29) is 5.78 Å². The molecule has 0 aliphatic carbocycles. The van der Waals surface area contributed by atoms with E-state index in [1.807, 2.05) is 6.92 Å². The molecule has 0 aliphatic heterocycles. The molecular weight excluding hydrogens is 216 g/mol. The van der Waals surface area contributed by atoms with Crippen molar-refractivity contribution in [3.63, 3.8) is 0 Å². The smallest absolute Gasteiger partial charge is 0.212 e. The van der Waals surface area contributed by atoms with Crippen molar-refractivity contribution in [2.75, 3.05) is 6.61 Å². The number of carbonyl (C=O) groups excluding carboxylic acids is 1. The number of hydrogen-bond donors (Lipinski definition) is 0. The number of ketones is 1. The molecule has 0 amide bonds. The lowest BCUT2D eigenvalue weighted by molar-refractivity contribution is 0.103. The summed E-state index contributed by atoms with van der Waals surface area (Å²) >= 11 is 0. The first-order valence-corrected chi connectivity index (χ1v) is 5.35. The lowest BCUT2D eigenvalue weighted by Gasteiger charge is -2.03. The molecule has 1 heterocycles. The van der Waals surface area contributed by atoms with E-state index in [0.29, 0.717) is 17.9 Å². The average molecular weight is 228 g/mol. The highest BCUT2D eigenvalue weighted by molar-refractivity contribution is 6.07. The van der Waals surface area contributed by atoms with Gasteiger partial charge in [-0.3, -0.25) is 9.78 Å². The Morgan fingerprint density at radius 3 is 2.59 bits per heavy atom. The maximum Gasteiger partial charge on any atom is 0.212 e. The van der Waals surface area contributed by atoms with Crippen molar-refractivity contribution in [1.82, 2.24) is 9.97 Å². The number of hydrogen-bond acceptors (Lipinski definition) is 4. The third-order valence-electron chi connectivity index (χ3n) is 2.22. The summed E-state index contributed by atoms with van der Waals surface area (Å²) in [5.41, 5.74) is 0.922. The second-order valence-electron chi connectivity index (χ2n) is 3.38. The predicted molar refractivity (Wildman–Crippen MR) is 63.1 cm³/mol. The lowest BCUT2D eigenvalue weighted by Crippen LogP contribution is -2.04. The number of aromatic nitrogens is 2. The van der Waals surface area contributed by atoms with Gasteiger partial charge in [-0.05, 0) is 31.2 Å². The van der Waals surface area contributed by atoms with Crippen LogP contribution in [-0.2, 0) is 0 Å². The van der Waals surface area contributed by atoms with Crippen LogP contribution in [0, 0.1) is 0 Å². The molecule has 0 unspecified atom stereocenters. The van der Waals surface area contributed by atoms with Crippen molar-refractivity contribution < 1.29 is 9.53 Å². The summed E-state index contributed by atoms with van der Waals surface area (Å²) in [7, 11) is 0. The summed E-state index contributed by atoms with van der Waals surface area (Å²) in [6.07, 6.45) is 4.50. The van der Waals surface area contributed by atoms with Crippen LogP contribution in [-0.4, -0.2) is 22.4 Å². The maximum absolute atomic E-state index is 12.0. The van der Waals surface area contributed by atoms with Gasteiger partial charge in [-0.25, -0.2) is 4.98 Å². The minimum atomic E-state index is -0.138. The lowest BCUT2D eigenvalue weighted by atomic mass is 10.1. The van der Waals surface area contributed by atoms with Gasteiger partial charge in [-0.15, -0.1) is 0 Å². The Morgan fingerprint density at radius 1 is 1.24 bits per heavy atom. The minimum Gasteiger partial charge on any atom is -0.494 e. The van der Waals surface area contributed by atoms with Crippen LogP contribution in [0.5, 0.6) is 5.75 Å². The molecule has 0 spiro atoms. The second kappa shape index (κ2) is 5.21. The third-order valence-corrected chi connectivity index (χ3v) is 2.22. The molecule has 17 heavy (non-hydrogen) atoms. The van der Waals surface area contributed by atoms with Gasteiger partial charge in [0, 0.05) is 18.0 Å². The molecule has 0 saturated heterocycles.